The van der Waals surface area contributed by atoms with Gasteiger partial charge in [-0.1, -0.05) is 23.2 Å². The molecule has 0 saturated carbocycles. The van der Waals surface area contributed by atoms with Gasteiger partial charge in [-0.15, -0.1) is 0 Å². The van der Waals surface area contributed by atoms with E-state index in [1.165, 1.54) is 18.3 Å². The molecule has 0 aliphatic heterocycles. The van der Waals surface area contributed by atoms with E-state index in [1.807, 2.05) is 6.07 Å². The molecule has 6 nitrogen and oxygen atoms in total. The second-order valence-corrected chi connectivity index (χ2v) is 6.81. The number of esters is 1. The molecule has 0 heterocycles. The van der Waals surface area contributed by atoms with Crippen LogP contribution in [0.5, 0.6) is 5.75 Å². The summed E-state index contributed by atoms with van der Waals surface area (Å²) in [5, 5.41) is 13.3. The quantitative estimate of drug-likeness (QED) is 0.267. The molecule has 0 spiro atoms. The zero-order valence-electron chi connectivity index (χ0n) is 15.3. The van der Waals surface area contributed by atoms with Crippen molar-refractivity contribution in [2.75, 3.05) is 0 Å². The first-order valence-electron chi connectivity index (χ1n) is 8.57. The topological polar surface area (TPSA) is 91.6 Å². The monoisotopic (exact) mass is 437 g/mol. The van der Waals surface area contributed by atoms with E-state index in [0.29, 0.717) is 27.5 Å². The average molecular weight is 438 g/mol. The molecular formula is C22H13Cl2N3O3. The third kappa shape index (κ3) is 5.45. The number of benzene rings is 3. The van der Waals surface area contributed by atoms with Crippen LogP contribution in [0, 0.1) is 11.3 Å². The molecular weight excluding hydrogens is 425 g/mol. The Morgan fingerprint density at radius 2 is 1.70 bits per heavy atom. The molecule has 0 atom stereocenters. The van der Waals surface area contributed by atoms with Crippen LogP contribution >= 0.6 is 23.2 Å². The number of hydrogen-bond donors (Lipinski definition) is 1. The Balaban J connectivity index is 1.57. The van der Waals surface area contributed by atoms with Gasteiger partial charge in [0.25, 0.3) is 5.91 Å². The predicted octanol–water partition coefficient (Wildman–Crippen LogP) is 4.85. The SMILES string of the molecule is N#Cc1ccc(C(=O)N/N=C/c2ccc(OC(=O)c3ccc(Cl)cc3Cl)cc2)cc1. The zero-order valence-corrected chi connectivity index (χ0v) is 16.8. The number of hydrazone groups is 1. The second kappa shape index (κ2) is 9.70. The van der Waals surface area contributed by atoms with Gasteiger partial charge < -0.3 is 4.74 Å². The van der Waals surface area contributed by atoms with Crippen molar-refractivity contribution in [3.05, 3.63) is 99.0 Å². The maximum absolute atomic E-state index is 12.2. The number of hydrogen-bond acceptors (Lipinski definition) is 5. The fourth-order valence-corrected chi connectivity index (χ4v) is 2.85. The largest absolute Gasteiger partial charge is 0.423 e. The van der Waals surface area contributed by atoms with Crippen molar-refractivity contribution in [1.29, 1.82) is 5.26 Å². The first-order valence-corrected chi connectivity index (χ1v) is 9.33. The van der Waals surface area contributed by atoms with Crippen molar-refractivity contribution in [1.82, 2.24) is 5.43 Å². The lowest BCUT2D eigenvalue weighted by atomic mass is 10.1. The van der Waals surface area contributed by atoms with Gasteiger partial charge >= 0.3 is 5.97 Å². The van der Waals surface area contributed by atoms with Gasteiger partial charge in [0.15, 0.2) is 0 Å². The Hall–Kier alpha value is -3.66. The van der Waals surface area contributed by atoms with Crippen molar-refractivity contribution in [3.63, 3.8) is 0 Å². The van der Waals surface area contributed by atoms with Crippen LogP contribution in [0.4, 0.5) is 0 Å². The highest BCUT2D eigenvalue weighted by molar-refractivity contribution is 6.36. The van der Waals surface area contributed by atoms with Crippen LogP contribution in [0.15, 0.2) is 71.8 Å². The number of carbonyl (C=O) groups excluding carboxylic acids is 2. The zero-order chi connectivity index (χ0) is 21.5. The van der Waals surface area contributed by atoms with Gasteiger partial charge in [-0.25, -0.2) is 10.2 Å². The Bertz CT molecular complexity index is 1150. The van der Waals surface area contributed by atoms with Crippen molar-refractivity contribution in [2.24, 2.45) is 5.10 Å². The van der Waals surface area contributed by atoms with Crippen LogP contribution in [0.25, 0.3) is 0 Å². The predicted molar refractivity (Wildman–Crippen MR) is 114 cm³/mol. The minimum Gasteiger partial charge on any atom is -0.423 e. The number of ether oxygens (including phenoxy) is 1. The minimum atomic E-state index is -0.604. The van der Waals surface area contributed by atoms with Crippen LogP contribution in [-0.2, 0) is 0 Å². The maximum Gasteiger partial charge on any atom is 0.345 e. The van der Waals surface area contributed by atoms with Gasteiger partial charge in [-0.3, -0.25) is 4.79 Å². The molecule has 8 heteroatoms. The highest BCUT2D eigenvalue weighted by Crippen LogP contribution is 2.23. The first kappa shape index (κ1) is 21.1. The lowest BCUT2D eigenvalue weighted by molar-refractivity contribution is 0.0734. The molecule has 3 rings (SSSR count). The molecule has 0 saturated heterocycles. The van der Waals surface area contributed by atoms with E-state index >= 15 is 0 Å². The van der Waals surface area contributed by atoms with Gasteiger partial charge in [-0.05, 0) is 72.3 Å². The first-order chi connectivity index (χ1) is 14.5. The van der Waals surface area contributed by atoms with Crippen LogP contribution in [0.3, 0.4) is 0 Å². The molecule has 0 aliphatic carbocycles. The number of nitriles is 1. The van der Waals surface area contributed by atoms with Crippen molar-refractivity contribution in [2.45, 2.75) is 0 Å². The van der Waals surface area contributed by atoms with E-state index in [4.69, 9.17) is 33.2 Å². The summed E-state index contributed by atoms with van der Waals surface area (Å²) >= 11 is 11.8. The summed E-state index contributed by atoms with van der Waals surface area (Å²) in [4.78, 5) is 24.2. The molecule has 0 unspecified atom stereocenters. The molecule has 1 amide bonds. The van der Waals surface area contributed by atoms with E-state index in [2.05, 4.69) is 10.5 Å². The van der Waals surface area contributed by atoms with E-state index in [0.717, 1.165) is 0 Å². The van der Waals surface area contributed by atoms with Crippen molar-refractivity contribution in [3.8, 4) is 11.8 Å². The van der Waals surface area contributed by atoms with Gasteiger partial charge in [0, 0.05) is 10.6 Å². The number of halogens is 2. The van der Waals surface area contributed by atoms with Crippen LogP contribution in [-0.4, -0.2) is 18.1 Å². The summed E-state index contributed by atoms with van der Waals surface area (Å²) < 4.78 is 5.29. The van der Waals surface area contributed by atoms with Crippen LogP contribution in [0.1, 0.15) is 31.8 Å². The maximum atomic E-state index is 12.2. The molecule has 0 aromatic heterocycles. The second-order valence-electron chi connectivity index (χ2n) is 5.97. The average Bonchev–Trinajstić information content (AvgIpc) is 2.75. The molecule has 1 N–H and O–H groups in total. The fraction of sp³-hybridized carbons (Fsp3) is 0. The van der Waals surface area contributed by atoms with E-state index in [1.54, 1.807) is 54.6 Å². The third-order valence-electron chi connectivity index (χ3n) is 3.90. The van der Waals surface area contributed by atoms with E-state index in [-0.39, 0.29) is 10.6 Å². The van der Waals surface area contributed by atoms with Gasteiger partial charge in [0.05, 0.1) is 28.4 Å². The molecule has 0 fully saturated rings. The van der Waals surface area contributed by atoms with E-state index < -0.39 is 11.9 Å². The van der Waals surface area contributed by atoms with Crippen molar-refractivity contribution >= 4 is 41.3 Å². The number of amides is 1. The third-order valence-corrected chi connectivity index (χ3v) is 4.45. The molecule has 0 bridgehead atoms. The molecule has 0 radical (unpaired) electrons. The fourth-order valence-electron chi connectivity index (χ4n) is 2.37. The van der Waals surface area contributed by atoms with Gasteiger partial charge in [0.1, 0.15) is 5.75 Å². The van der Waals surface area contributed by atoms with Crippen LogP contribution < -0.4 is 10.2 Å². The summed E-state index contributed by atoms with van der Waals surface area (Å²) in [6, 6.07) is 19.2. The Kier molecular flexibility index (Phi) is 6.81. The van der Waals surface area contributed by atoms with Crippen LogP contribution in [0.2, 0.25) is 10.0 Å². The molecule has 148 valence electrons. The van der Waals surface area contributed by atoms with Gasteiger partial charge in [0.2, 0.25) is 0 Å². The van der Waals surface area contributed by atoms with Crippen molar-refractivity contribution < 1.29 is 14.3 Å². The number of nitrogens with one attached hydrogen (secondary N) is 1. The highest BCUT2D eigenvalue weighted by Gasteiger charge is 2.13. The lowest BCUT2D eigenvalue weighted by Gasteiger charge is -2.06. The Morgan fingerprint density at radius 1 is 1.00 bits per heavy atom. The number of carbonyl (C=O) groups is 2. The smallest absolute Gasteiger partial charge is 0.345 e. The highest BCUT2D eigenvalue weighted by atomic mass is 35.5. The summed E-state index contributed by atoms with van der Waals surface area (Å²) in [6.07, 6.45) is 1.45. The molecule has 30 heavy (non-hydrogen) atoms. The summed E-state index contributed by atoms with van der Waals surface area (Å²) in [5.74, 6) is -0.682. The summed E-state index contributed by atoms with van der Waals surface area (Å²) in [7, 11) is 0. The minimum absolute atomic E-state index is 0.203. The standard InChI is InChI=1S/C22H13Cl2N3O3/c23-17-7-10-19(20(24)11-17)22(29)30-18-8-3-15(4-9-18)13-26-27-21(28)16-5-1-14(12-25)2-6-16/h1-11,13H,(H,27,28)/b26-13+. The Labute approximate surface area is 182 Å². The Morgan fingerprint density at radius 3 is 2.33 bits per heavy atom. The summed E-state index contributed by atoms with van der Waals surface area (Å²) in [6.45, 7) is 0. The lowest BCUT2D eigenvalue weighted by Crippen LogP contribution is -2.17. The number of nitrogens with zero attached hydrogens (tertiary/aromatic N) is 2. The molecule has 0 aliphatic rings. The summed E-state index contributed by atoms with van der Waals surface area (Å²) in [5.41, 5.74) is 4.14. The van der Waals surface area contributed by atoms with Gasteiger partial charge in [-0.2, -0.15) is 10.4 Å². The normalized spacial score (nSPS) is 10.4. The molecule has 3 aromatic rings. The van der Waals surface area contributed by atoms with E-state index in [9.17, 15) is 9.59 Å². The number of rotatable bonds is 5. The molecule has 3 aromatic carbocycles.